The topological polar surface area (TPSA) is 51.2 Å². The summed E-state index contributed by atoms with van der Waals surface area (Å²) in [6, 6.07) is 12.7. The molecule has 0 radical (unpaired) electrons. The maximum absolute atomic E-state index is 13.3. The molecule has 5 heteroatoms. The highest BCUT2D eigenvalue weighted by Crippen LogP contribution is 2.29. The van der Waals surface area contributed by atoms with Crippen LogP contribution in [0.5, 0.6) is 0 Å². The SMILES string of the molecule is NNC(Cc1ccc(F)c(Br)c1)c1coc2ccccc12. The molecule has 3 N–H and O–H groups in total. The molecular weight excluding hydrogens is 335 g/mol. The van der Waals surface area contributed by atoms with Gasteiger partial charge in [-0.15, -0.1) is 0 Å². The number of para-hydroxylation sites is 1. The molecule has 0 aliphatic heterocycles. The number of hydrogen-bond acceptors (Lipinski definition) is 3. The van der Waals surface area contributed by atoms with Crippen molar-refractivity contribution in [3.63, 3.8) is 0 Å². The van der Waals surface area contributed by atoms with E-state index >= 15 is 0 Å². The number of nitrogens with one attached hydrogen (secondary N) is 1. The zero-order valence-corrected chi connectivity index (χ0v) is 12.7. The summed E-state index contributed by atoms with van der Waals surface area (Å²) in [6.45, 7) is 0. The number of halogens is 2. The van der Waals surface area contributed by atoms with E-state index in [4.69, 9.17) is 10.3 Å². The molecule has 0 saturated carbocycles. The van der Waals surface area contributed by atoms with E-state index in [-0.39, 0.29) is 11.9 Å². The lowest BCUT2D eigenvalue weighted by atomic mass is 9.99. The molecule has 1 atom stereocenters. The van der Waals surface area contributed by atoms with Crippen LogP contribution in [0.4, 0.5) is 4.39 Å². The van der Waals surface area contributed by atoms with Crippen LogP contribution in [0.25, 0.3) is 11.0 Å². The second kappa shape index (κ2) is 5.97. The first-order valence-corrected chi connectivity index (χ1v) is 7.34. The summed E-state index contributed by atoms with van der Waals surface area (Å²) in [7, 11) is 0. The van der Waals surface area contributed by atoms with Crippen LogP contribution in [0.15, 0.2) is 57.6 Å². The van der Waals surface area contributed by atoms with E-state index in [0.717, 1.165) is 22.1 Å². The van der Waals surface area contributed by atoms with Crippen molar-refractivity contribution >= 4 is 26.9 Å². The average Bonchev–Trinajstić information content (AvgIpc) is 2.92. The van der Waals surface area contributed by atoms with E-state index in [1.54, 1.807) is 18.4 Å². The summed E-state index contributed by atoms with van der Waals surface area (Å²) in [4.78, 5) is 0. The largest absolute Gasteiger partial charge is 0.464 e. The van der Waals surface area contributed by atoms with Crippen molar-refractivity contribution in [2.75, 3.05) is 0 Å². The van der Waals surface area contributed by atoms with Gasteiger partial charge < -0.3 is 4.42 Å². The summed E-state index contributed by atoms with van der Waals surface area (Å²) < 4.78 is 19.3. The third-order valence-corrected chi connectivity index (χ3v) is 4.12. The number of hydrogen-bond donors (Lipinski definition) is 2. The lowest BCUT2D eigenvalue weighted by Crippen LogP contribution is -2.29. The van der Waals surface area contributed by atoms with Crippen LogP contribution >= 0.6 is 15.9 Å². The van der Waals surface area contributed by atoms with Gasteiger partial charge in [0, 0.05) is 10.9 Å². The first kappa shape index (κ1) is 14.3. The van der Waals surface area contributed by atoms with Gasteiger partial charge in [0.05, 0.1) is 16.8 Å². The van der Waals surface area contributed by atoms with Crippen molar-refractivity contribution in [3.8, 4) is 0 Å². The van der Waals surface area contributed by atoms with Crippen molar-refractivity contribution in [2.45, 2.75) is 12.5 Å². The van der Waals surface area contributed by atoms with Crippen LogP contribution in [0.2, 0.25) is 0 Å². The first-order chi connectivity index (χ1) is 10.2. The molecule has 0 aliphatic rings. The third-order valence-electron chi connectivity index (χ3n) is 3.51. The number of nitrogens with two attached hydrogens (primary N) is 1. The maximum atomic E-state index is 13.3. The smallest absolute Gasteiger partial charge is 0.137 e. The quantitative estimate of drug-likeness (QED) is 0.551. The molecule has 1 unspecified atom stereocenters. The summed E-state index contributed by atoms with van der Waals surface area (Å²) in [6.07, 6.45) is 2.35. The fourth-order valence-corrected chi connectivity index (χ4v) is 2.86. The zero-order chi connectivity index (χ0) is 14.8. The van der Waals surface area contributed by atoms with Crippen molar-refractivity contribution in [1.29, 1.82) is 0 Å². The third kappa shape index (κ3) is 2.85. The van der Waals surface area contributed by atoms with Crippen LogP contribution in [-0.4, -0.2) is 0 Å². The summed E-state index contributed by atoms with van der Waals surface area (Å²) in [5.41, 5.74) is 5.61. The average molecular weight is 349 g/mol. The van der Waals surface area contributed by atoms with Gasteiger partial charge in [0.2, 0.25) is 0 Å². The molecule has 0 spiro atoms. The van der Waals surface area contributed by atoms with Crippen molar-refractivity contribution in [3.05, 3.63) is 70.1 Å². The Morgan fingerprint density at radius 3 is 2.81 bits per heavy atom. The van der Waals surface area contributed by atoms with Crippen LogP contribution in [0, 0.1) is 5.82 Å². The van der Waals surface area contributed by atoms with Crippen molar-refractivity contribution in [1.82, 2.24) is 5.43 Å². The standard InChI is InChI=1S/C16H14BrFN2O/c17-13-7-10(5-6-14(13)18)8-15(20-19)12-9-21-16-4-2-1-3-11(12)16/h1-7,9,15,20H,8,19H2. The van der Waals surface area contributed by atoms with E-state index in [1.807, 2.05) is 24.3 Å². The van der Waals surface area contributed by atoms with E-state index in [9.17, 15) is 4.39 Å². The first-order valence-electron chi connectivity index (χ1n) is 6.55. The summed E-state index contributed by atoms with van der Waals surface area (Å²) in [5, 5.41) is 1.03. The minimum atomic E-state index is -0.273. The van der Waals surface area contributed by atoms with E-state index in [2.05, 4.69) is 21.4 Å². The maximum Gasteiger partial charge on any atom is 0.137 e. The molecule has 21 heavy (non-hydrogen) atoms. The highest BCUT2D eigenvalue weighted by molar-refractivity contribution is 9.10. The number of rotatable bonds is 4. The molecule has 0 aliphatic carbocycles. The molecule has 1 heterocycles. The predicted molar refractivity (Wildman–Crippen MR) is 84.1 cm³/mol. The van der Waals surface area contributed by atoms with Gasteiger partial charge in [-0.3, -0.25) is 11.3 Å². The van der Waals surface area contributed by atoms with Crippen LogP contribution in [-0.2, 0) is 6.42 Å². The van der Waals surface area contributed by atoms with Crippen molar-refractivity contribution < 1.29 is 8.81 Å². The minimum absolute atomic E-state index is 0.106. The Morgan fingerprint density at radius 1 is 1.24 bits per heavy atom. The van der Waals surface area contributed by atoms with Gasteiger partial charge in [0.25, 0.3) is 0 Å². The number of furan rings is 1. The second-order valence-corrected chi connectivity index (χ2v) is 5.71. The monoisotopic (exact) mass is 348 g/mol. The minimum Gasteiger partial charge on any atom is -0.464 e. The van der Waals surface area contributed by atoms with Gasteiger partial charge in [0.15, 0.2) is 0 Å². The van der Waals surface area contributed by atoms with Crippen LogP contribution < -0.4 is 11.3 Å². The normalized spacial score (nSPS) is 12.7. The molecule has 1 aromatic heterocycles. The Balaban J connectivity index is 1.93. The van der Waals surface area contributed by atoms with Crippen LogP contribution in [0.1, 0.15) is 17.2 Å². The molecule has 0 bridgehead atoms. The van der Waals surface area contributed by atoms with Gasteiger partial charge in [-0.1, -0.05) is 24.3 Å². The lowest BCUT2D eigenvalue weighted by Gasteiger charge is -2.15. The Hall–Kier alpha value is -1.69. The van der Waals surface area contributed by atoms with Gasteiger partial charge in [-0.05, 0) is 46.1 Å². The summed E-state index contributed by atoms with van der Waals surface area (Å²) >= 11 is 3.20. The number of hydrazine groups is 1. The Morgan fingerprint density at radius 2 is 2.05 bits per heavy atom. The number of fused-ring (bicyclic) bond motifs is 1. The predicted octanol–water partition coefficient (Wildman–Crippen LogP) is 4.08. The molecule has 2 aromatic carbocycles. The molecule has 3 nitrogen and oxygen atoms in total. The van der Waals surface area contributed by atoms with E-state index in [0.29, 0.717) is 10.9 Å². The molecule has 108 valence electrons. The van der Waals surface area contributed by atoms with Gasteiger partial charge in [0.1, 0.15) is 11.4 Å². The molecule has 3 rings (SSSR count). The Kier molecular flexibility index (Phi) is 4.05. The molecule has 0 amide bonds. The highest BCUT2D eigenvalue weighted by atomic mass is 79.9. The Bertz CT molecular complexity index is 772. The molecular formula is C16H14BrFN2O. The fraction of sp³-hybridized carbons (Fsp3) is 0.125. The van der Waals surface area contributed by atoms with Crippen LogP contribution in [0.3, 0.4) is 0 Å². The summed E-state index contributed by atoms with van der Waals surface area (Å²) in [5.74, 6) is 5.42. The molecule has 0 saturated heterocycles. The lowest BCUT2D eigenvalue weighted by molar-refractivity contribution is 0.535. The fourth-order valence-electron chi connectivity index (χ4n) is 2.43. The van der Waals surface area contributed by atoms with Gasteiger partial charge >= 0.3 is 0 Å². The molecule has 3 aromatic rings. The van der Waals surface area contributed by atoms with Crippen molar-refractivity contribution in [2.24, 2.45) is 5.84 Å². The van der Waals surface area contributed by atoms with E-state index < -0.39 is 0 Å². The van der Waals surface area contributed by atoms with E-state index in [1.165, 1.54) is 6.07 Å². The zero-order valence-electron chi connectivity index (χ0n) is 11.1. The highest BCUT2D eigenvalue weighted by Gasteiger charge is 2.16. The van der Waals surface area contributed by atoms with Gasteiger partial charge in [-0.25, -0.2) is 4.39 Å². The molecule has 0 fully saturated rings. The Labute approximate surface area is 130 Å². The number of benzene rings is 2. The second-order valence-electron chi connectivity index (χ2n) is 4.86. The van der Waals surface area contributed by atoms with Gasteiger partial charge in [-0.2, -0.15) is 0 Å².